The van der Waals surface area contributed by atoms with Crippen LogP contribution in [-0.2, 0) is 20.9 Å². The first kappa shape index (κ1) is 14.5. The number of ether oxygens (including phenoxy) is 2. The van der Waals surface area contributed by atoms with Crippen molar-refractivity contribution < 1.29 is 14.3 Å². The molecular formula is C17H23NO3. The fraction of sp³-hybridized carbons (Fsp3) is 0.588. The van der Waals surface area contributed by atoms with Gasteiger partial charge in [-0.05, 0) is 24.8 Å². The topological polar surface area (TPSA) is 38.8 Å². The summed E-state index contributed by atoms with van der Waals surface area (Å²) in [4.78, 5) is 14.2. The lowest BCUT2D eigenvalue weighted by atomic mass is 9.88. The number of amides is 1. The van der Waals surface area contributed by atoms with Gasteiger partial charge in [-0.15, -0.1) is 0 Å². The molecule has 1 amide bonds. The second kappa shape index (κ2) is 6.58. The highest BCUT2D eigenvalue weighted by molar-refractivity contribution is 5.79. The molecule has 0 aromatic heterocycles. The maximum atomic E-state index is 12.4. The summed E-state index contributed by atoms with van der Waals surface area (Å²) in [5.74, 6) is 0.286. The van der Waals surface area contributed by atoms with E-state index in [1.54, 1.807) is 4.90 Å². The van der Waals surface area contributed by atoms with E-state index >= 15 is 0 Å². The van der Waals surface area contributed by atoms with Gasteiger partial charge in [-0.2, -0.15) is 0 Å². The third-order valence-corrected chi connectivity index (χ3v) is 4.48. The number of likely N-dealkylation sites (N-methyl/N-ethyl adjacent to an activating group) is 1. The molecule has 1 aromatic rings. The van der Waals surface area contributed by atoms with Crippen molar-refractivity contribution >= 4 is 5.91 Å². The van der Waals surface area contributed by atoms with Gasteiger partial charge in [0.15, 0.2) is 0 Å². The summed E-state index contributed by atoms with van der Waals surface area (Å²) in [7, 11) is 1.86. The molecule has 2 heterocycles. The van der Waals surface area contributed by atoms with Crippen LogP contribution < -0.4 is 0 Å². The molecule has 0 spiro atoms. The van der Waals surface area contributed by atoms with Crippen LogP contribution in [0.5, 0.6) is 0 Å². The highest BCUT2D eigenvalue weighted by atomic mass is 16.5. The van der Waals surface area contributed by atoms with Gasteiger partial charge in [0.05, 0.1) is 31.3 Å². The predicted octanol–water partition coefficient (Wildman–Crippen LogP) is 2.23. The quantitative estimate of drug-likeness (QED) is 0.754. The summed E-state index contributed by atoms with van der Waals surface area (Å²) in [6.07, 6.45) is 3.55. The molecule has 0 N–H and O–H groups in total. The Morgan fingerprint density at radius 1 is 1.33 bits per heavy atom. The van der Waals surface area contributed by atoms with Crippen LogP contribution >= 0.6 is 0 Å². The molecule has 4 heteroatoms. The Morgan fingerprint density at radius 3 is 2.81 bits per heavy atom. The lowest BCUT2D eigenvalue weighted by Gasteiger charge is -2.24. The van der Waals surface area contributed by atoms with Crippen molar-refractivity contribution in [1.29, 1.82) is 0 Å². The summed E-state index contributed by atoms with van der Waals surface area (Å²) >= 11 is 0. The van der Waals surface area contributed by atoms with Crippen molar-refractivity contribution in [3.05, 3.63) is 35.9 Å². The van der Waals surface area contributed by atoms with E-state index in [4.69, 9.17) is 9.47 Å². The highest BCUT2D eigenvalue weighted by Crippen LogP contribution is 2.39. The van der Waals surface area contributed by atoms with Crippen LogP contribution in [0, 0.1) is 5.92 Å². The predicted molar refractivity (Wildman–Crippen MR) is 79.7 cm³/mol. The lowest BCUT2D eigenvalue weighted by Crippen LogP contribution is -2.39. The molecule has 114 valence electrons. The zero-order valence-electron chi connectivity index (χ0n) is 12.5. The minimum atomic E-state index is 0.0721. The third kappa shape index (κ3) is 3.44. The van der Waals surface area contributed by atoms with Crippen LogP contribution in [0.25, 0.3) is 0 Å². The average molecular weight is 289 g/mol. The Hall–Kier alpha value is -1.39. The molecule has 3 unspecified atom stereocenters. The van der Waals surface area contributed by atoms with Crippen molar-refractivity contribution in [1.82, 2.24) is 4.90 Å². The average Bonchev–Trinajstić information content (AvgIpc) is 3.14. The van der Waals surface area contributed by atoms with Gasteiger partial charge in [-0.25, -0.2) is 0 Å². The first-order valence-electron chi connectivity index (χ1n) is 7.76. The van der Waals surface area contributed by atoms with E-state index < -0.39 is 0 Å². The number of carbonyl (C=O) groups excluding carboxylic acids is 1. The highest BCUT2D eigenvalue weighted by Gasteiger charge is 2.45. The van der Waals surface area contributed by atoms with E-state index in [2.05, 4.69) is 0 Å². The maximum Gasteiger partial charge on any atom is 0.228 e. The SMILES string of the molecule is CN(CCOCc1ccccc1)C(=O)C1CC2CCC1O2. The number of hydrogen-bond acceptors (Lipinski definition) is 3. The number of rotatable bonds is 6. The molecule has 2 aliphatic heterocycles. The molecule has 21 heavy (non-hydrogen) atoms. The monoisotopic (exact) mass is 289 g/mol. The van der Waals surface area contributed by atoms with E-state index in [1.165, 1.54) is 0 Å². The van der Waals surface area contributed by atoms with Crippen LogP contribution in [0.2, 0.25) is 0 Å². The molecule has 0 saturated carbocycles. The van der Waals surface area contributed by atoms with Gasteiger partial charge in [-0.1, -0.05) is 30.3 Å². The van der Waals surface area contributed by atoms with Gasteiger partial charge in [0.2, 0.25) is 5.91 Å². The van der Waals surface area contributed by atoms with Gasteiger partial charge in [0.1, 0.15) is 0 Å². The minimum absolute atomic E-state index is 0.0721. The Bertz CT molecular complexity index is 476. The van der Waals surface area contributed by atoms with Gasteiger partial charge in [-0.3, -0.25) is 4.79 Å². The first-order chi connectivity index (χ1) is 10.2. The van der Waals surface area contributed by atoms with Crippen LogP contribution in [0.1, 0.15) is 24.8 Å². The van der Waals surface area contributed by atoms with Crippen LogP contribution in [0.15, 0.2) is 30.3 Å². The van der Waals surface area contributed by atoms with E-state index in [-0.39, 0.29) is 17.9 Å². The van der Waals surface area contributed by atoms with Gasteiger partial charge in [0.25, 0.3) is 0 Å². The van der Waals surface area contributed by atoms with Crippen molar-refractivity contribution in [2.24, 2.45) is 5.92 Å². The Morgan fingerprint density at radius 2 is 2.14 bits per heavy atom. The second-order valence-electron chi connectivity index (χ2n) is 6.01. The summed E-state index contributed by atoms with van der Waals surface area (Å²) in [6.45, 7) is 1.80. The molecule has 2 bridgehead atoms. The van der Waals surface area contributed by atoms with E-state index in [0.29, 0.717) is 25.9 Å². The number of nitrogens with zero attached hydrogens (tertiary/aromatic N) is 1. The molecular weight excluding hydrogens is 266 g/mol. The standard InChI is InChI=1S/C17H23NO3/c1-18(9-10-20-12-13-5-3-2-4-6-13)17(19)15-11-14-7-8-16(15)21-14/h2-6,14-16H,7-12H2,1H3. The molecule has 0 aliphatic carbocycles. The molecule has 2 fully saturated rings. The van der Waals surface area contributed by atoms with Crippen LogP contribution in [-0.4, -0.2) is 43.2 Å². The summed E-state index contributed by atoms with van der Waals surface area (Å²) < 4.78 is 11.4. The first-order valence-corrected chi connectivity index (χ1v) is 7.76. The number of benzene rings is 1. The lowest BCUT2D eigenvalue weighted by molar-refractivity contribution is -0.136. The van der Waals surface area contributed by atoms with Crippen molar-refractivity contribution in [3.63, 3.8) is 0 Å². The van der Waals surface area contributed by atoms with Gasteiger partial charge in [0, 0.05) is 13.6 Å². The third-order valence-electron chi connectivity index (χ3n) is 4.48. The molecule has 2 aliphatic rings. The molecule has 0 radical (unpaired) electrons. The van der Waals surface area contributed by atoms with Crippen molar-refractivity contribution in [2.75, 3.05) is 20.2 Å². The fourth-order valence-corrected chi connectivity index (χ4v) is 3.26. The Kier molecular flexibility index (Phi) is 4.56. The zero-order valence-corrected chi connectivity index (χ0v) is 12.5. The van der Waals surface area contributed by atoms with Crippen molar-refractivity contribution in [3.8, 4) is 0 Å². The Balaban J connectivity index is 1.38. The van der Waals surface area contributed by atoms with E-state index in [0.717, 1.165) is 24.8 Å². The summed E-state index contributed by atoms with van der Waals surface area (Å²) in [5, 5.41) is 0. The number of carbonyl (C=O) groups is 1. The van der Waals surface area contributed by atoms with Crippen molar-refractivity contribution in [2.45, 2.75) is 38.1 Å². The molecule has 2 saturated heterocycles. The molecule has 4 nitrogen and oxygen atoms in total. The Labute approximate surface area is 126 Å². The van der Waals surface area contributed by atoms with E-state index in [9.17, 15) is 4.79 Å². The second-order valence-corrected chi connectivity index (χ2v) is 6.01. The minimum Gasteiger partial charge on any atom is -0.375 e. The normalized spacial score (nSPS) is 27.0. The van der Waals surface area contributed by atoms with Gasteiger partial charge < -0.3 is 14.4 Å². The number of hydrogen-bond donors (Lipinski definition) is 0. The largest absolute Gasteiger partial charge is 0.375 e. The number of fused-ring (bicyclic) bond motifs is 2. The maximum absolute atomic E-state index is 12.4. The fourth-order valence-electron chi connectivity index (χ4n) is 3.26. The van der Waals surface area contributed by atoms with Crippen LogP contribution in [0.4, 0.5) is 0 Å². The molecule has 3 rings (SSSR count). The van der Waals surface area contributed by atoms with E-state index in [1.807, 2.05) is 37.4 Å². The van der Waals surface area contributed by atoms with Crippen LogP contribution in [0.3, 0.4) is 0 Å². The summed E-state index contributed by atoms with van der Waals surface area (Å²) in [6, 6.07) is 10.1. The summed E-state index contributed by atoms with van der Waals surface area (Å²) in [5.41, 5.74) is 1.16. The zero-order chi connectivity index (χ0) is 14.7. The smallest absolute Gasteiger partial charge is 0.228 e. The molecule has 3 atom stereocenters. The van der Waals surface area contributed by atoms with Gasteiger partial charge >= 0.3 is 0 Å². The molecule has 1 aromatic carbocycles.